The van der Waals surface area contributed by atoms with Gasteiger partial charge in [0.1, 0.15) is 0 Å². The van der Waals surface area contributed by atoms with Gasteiger partial charge >= 0.3 is 0 Å². The van der Waals surface area contributed by atoms with E-state index in [2.05, 4.69) is 10.6 Å². The lowest BCUT2D eigenvalue weighted by molar-refractivity contribution is -0.118. The molecule has 23 heavy (non-hydrogen) atoms. The highest BCUT2D eigenvalue weighted by molar-refractivity contribution is 6.39. The lowest BCUT2D eigenvalue weighted by Crippen LogP contribution is -2.38. The maximum absolute atomic E-state index is 10.7. The van der Waals surface area contributed by atoms with E-state index < -0.39 is 6.10 Å². The van der Waals surface area contributed by atoms with Gasteiger partial charge in [-0.05, 0) is 44.9 Å². The zero-order valence-electron chi connectivity index (χ0n) is 13.7. The van der Waals surface area contributed by atoms with Gasteiger partial charge in [-0.2, -0.15) is 0 Å². The standard InChI is InChI=1S/C16H25Cl2N3O2/c1-16(2,3)21-9-13(22)10-7-11(17)15(12(18)8-10)20-6-4-5-14(19)23/h7-8,13,20-22H,4-6,9H2,1-3H3,(H2,19,23). The SMILES string of the molecule is CC(C)(C)NCC(O)c1cc(Cl)c(NCCCC(N)=O)c(Cl)c1. The highest BCUT2D eigenvalue weighted by Gasteiger charge is 2.16. The van der Waals surface area contributed by atoms with Crippen molar-refractivity contribution in [3.63, 3.8) is 0 Å². The van der Waals surface area contributed by atoms with Crippen LogP contribution in [-0.2, 0) is 4.79 Å². The Morgan fingerprint density at radius 1 is 1.30 bits per heavy atom. The first-order valence-corrected chi connectivity index (χ1v) is 8.30. The number of β-amino-alcohol motifs (C(OH)–C–C–N with tert-alkyl or cyclic N) is 1. The van der Waals surface area contributed by atoms with Crippen LogP contribution in [0.1, 0.15) is 45.3 Å². The average Bonchev–Trinajstić information content (AvgIpc) is 2.41. The molecule has 0 aromatic heterocycles. The van der Waals surface area contributed by atoms with Crippen LogP contribution in [0.2, 0.25) is 10.0 Å². The number of halogens is 2. The van der Waals surface area contributed by atoms with Crippen molar-refractivity contribution < 1.29 is 9.90 Å². The van der Waals surface area contributed by atoms with Crippen LogP contribution in [0.15, 0.2) is 12.1 Å². The predicted molar refractivity (Wildman–Crippen MR) is 96.1 cm³/mol. The van der Waals surface area contributed by atoms with E-state index in [-0.39, 0.29) is 11.4 Å². The number of carbonyl (C=O) groups excluding carboxylic acids is 1. The Bertz CT molecular complexity index is 522. The number of rotatable bonds is 8. The fraction of sp³-hybridized carbons (Fsp3) is 0.562. The van der Waals surface area contributed by atoms with Gasteiger partial charge in [0, 0.05) is 25.0 Å². The number of carbonyl (C=O) groups is 1. The van der Waals surface area contributed by atoms with Gasteiger partial charge in [0.2, 0.25) is 5.91 Å². The Balaban J connectivity index is 2.70. The zero-order chi connectivity index (χ0) is 17.6. The molecule has 0 saturated heterocycles. The van der Waals surface area contributed by atoms with Crippen molar-refractivity contribution >= 4 is 34.8 Å². The molecule has 1 aromatic carbocycles. The Hall–Kier alpha value is -1.01. The lowest BCUT2D eigenvalue weighted by atomic mass is 10.1. The highest BCUT2D eigenvalue weighted by atomic mass is 35.5. The normalized spacial score (nSPS) is 13.0. The van der Waals surface area contributed by atoms with E-state index in [1.165, 1.54) is 0 Å². The summed E-state index contributed by atoms with van der Waals surface area (Å²) in [7, 11) is 0. The molecule has 5 nitrogen and oxygen atoms in total. The van der Waals surface area contributed by atoms with E-state index in [1.807, 2.05) is 20.8 Å². The monoisotopic (exact) mass is 361 g/mol. The van der Waals surface area contributed by atoms with Gasteiger partial charge in [0.25, 0.3) is 0 Å². The number of benzene rings is 1. The number of anilines is 1. The number of nitrogens with two attached hydrogens (primary N) is 1. The number of amides is 1. The molecule has 130 valence electrons. The Kier molecular flexibility index (Phi) is 7.61. The third-order valence-corrected chi connectivity index (χ3v) is 3.77. The molecular formula is C16H25Cl2N3O2. The molecule has 0 heterocycles. The molecule has 1 rings (SSSR count). The summed E-state index contributed by atoms with van der Waals surface area (Å²) in [4.78, 5) is 10.7. The first kappa shape index (κ1) is 20.0. The molecule has 0 saturated carbocycles. The molecule has 7 heteroatoms. The molecule has 0 aliphatic heterocycles. The molecule has 0 aliphatic rings. The van der Waals surface area contributed by atoms with Gasteiger partial charge in [-0.15, -0.1) is 0 Å². The topological polar surface area (TPSA) is 87.4 Å². The van der Waals surface area contributed by atoms with E-state index in [4.69, 9.17) is 28.9 Å². The summed E-state index contributed by atoms with van der Waals surface area (Å²) in [5, 5.41) is 17.4. The first-order chi connectivity index (χ1) is 10.6. The average molecular weight is 362 g/mol. The van der Waals surface area contributed by atoms with Gasteiger partial charge in [-0.1, -0.05) is 23.2 Å². The van der Waals surface area contributed by atoms with E-state index in [0.717, 1.165) is 0 Å². The number of primary amides is 1. The minimum absolute atomic E-state index is 0.0868. The first-order valence-electron chi connectivity index (χ1n) is 7.54. The van der Waals surface area contributed by atoms with Crippen molar-refractivity contribution in [3.8, 4) is 0 Å². The second-order valence-corrected chi connectivity index (χ2v) is 7.32. The minimum atomic E-state index is -0.701. The maximum Gasteiger partial charge on any atom is 0.217 e. The summed E-state index contributed by atoms with van der Waals surface area (Å²) in [6, 6.07) is 3.39. The van der Waals surface area contributed by atoms with Crippen molar-refractivity contribution in [1.29, 1.82) is 0 Å². The largest absolute Gasteiger partial charge is 0.387 e. The fourth-order valence-electron chi connectivity index (χ4n) is 1.95. The molecule has 1 aromatic rings. The third-order valence-electron chi connectivity index (χ3n) is 3.18. The molecule has 5 N–H and O–H groups in total. The van der Waals surface area contributed by atoms with E-state index in [0.29, 0.717) is 47.2 Å². The van der Waals surface area contributed by atoms with Crippen LogP contribution < -0.4 is 16.4 Å². The Labute approximate surface area is 147 Å². The number of aliphatic hydroxyl groups is 1. The summed E-state index contributed by atoms with van der Waals surface area (Å²) in [6.07, 6.45) is 0.201. The Morgan fingerprint density at radius 2 is 1.87 bits per heavy atom. The van der Waals surface area contributed by atoms with Crippen molar-refractivity contribution in [2.45, 2.75) is 45.3 Å². The minimum Gasteiger partial charge on any atom is -0.387 e. The number of aliphatic hydroxyl groups excluding tert-OH is 1. The lowest BCUT2D eigenvalue weighted by Gasteiger charge is -2.23. The van der Waals surface area contributed by atoms with Crippen LogP contribution >= 0.6 is 23.2 Å². The molecule has 0 spiro atoms. The van der Waals surface area contributed by atoms with Crippen molar-refractivity contribution in [2.24, 2.45) is 5.73 Å². The van der Waals surface area contributed by atoms with E-state index in [1.54, 1.807) is 12.1 Å². The fourth-order valence-corrected chi connectivity index (χ4v) is 2.59. The molecule has 0 aliphatic carbocycles. The molecular weight excluding hydrogens is 337 g/mol. The second-order valence-electron chi connectivity index (χ2n) is 6.50. The number of hydrogen-bond donors (Lipinski definition) is 4. The van der Waals surface area contributed by atoms with Gasteiger partial charge in [-0.3, -0.25) is 4.79 Å². The second kappa shape index (κ2) is 8.73. The van der Waals surface area contributed by atoms with Gasteiger partial charge in [0.05, 0.1) is 21.8 Å². The molecule has 0 radical (unpaired) electrons. The van der Waals surface area contributed by atoms with Crippen LogP contribution in [0.3, 0.4) is 0 Å². The quantitative estimate of drug-likeness (QED) is 0.535. The van der Waals surface area contributed by atoms with Crippen molar-refractivity contribution in [1.82, 2.24) is 5.32 Å². The molecule has 1 unspecified atom stereocenters. The van der Waals surface area contributed by atoms with E-state index in [9.17, 15) is 9.90 Å². The zero-order valence-corrected chi connectivity index (χ0v) is 15.3. The molecule has 0 bridgehead atoms. The number of nitrogens with one attached hydrogen (secondary N) is 2. The summed E-state index contributed by atoms with van der Waals surface area (Å²) < 4.78 is 0. The summed E-state index contributed by atoms with van der Waals surface area (Å²) in [5.74, 6) is -0.339. The van der Waals surface area contributed by atoms with Crippen molar-refractivity contribution in [3.05, 3.63) is 27.7 Å². The smallest absolute Gasteiger partial charge is 0.217 e. The predicted octanol–water partition coefficient (Wildman–Crippen LogP) is 3.09. The van der Waals surface area contributed by atoms with Gasteiger partial charge in [0.15, 0.2) is 0 Å². The third kappa shape index (κ3) is 7.40. The van der Waals surface area contributed by atoms with Crippen LogP contribution in [-0.4, -0.2) is 29.6 Å². The van der Waals surface area contributed by atoms with Crippen LogP contribution in [0, 0.1) is 0 Å². The van der Waals surface area contributed by atoms with E-state index >= 15 is 0 Å². The maximum atomic E-state index is 10.7. The summed E-state index contributed by atoms with van der Waals surface area (Å²) in [5.41, 5.74) is 6.25. The van der Waals surface area contributed by atoms with Gasteiger partial charge in [-0.25, -0.2) is 0 Å². The van der Waals surface area contributed by atoms with Crippen LogP contribution in [0.25, 0.3) is 0 Å². The number of hydrogen-bond acceptors (Lipinski definition) is 4. The molecule has 1 atom stereocenters. The summed E-state index contributed by atoms with van der Waals surface area (Å²) >= 11 is 12.5. The highest BCUT2D eigenvalue weighted by Crippen LogP contribution is 2.33. The summed E-state index contributed by atoms with van der Waals surface area (Å²) in [6.45, 7) is 7.02. The van der Waals surface area contributed by atoms with Crippen molar-refractivity contribution in [2.75, 3.05) is 18.4 Å². The molecule has 1 amide bonds. The van der Waals surface area contributed by atoms with Gasteiger partial charge < -0.3 is 21.5 Å². The Morgan fingerprint density at radius 3 is 2.35 bits per heavy atom. The molecule has 0 fully saturated rings. The van der Waals surface area contributed by atoms with Crippen LogP contribution in [0.5, 0.6) is 0 Å². The van der Waals surface area contributed by atoms with Crippen LogP contribution in [0.4, 0.5) is 5.69 Å².